The average molecular weight is 412 g/mol. The van der Waals surface area contributed by atoms with Gasteiger partial charge in [0.1, 0.15) is 5.75 Å². The summed E-state index contributed by atoms with van der Waals surface area (Å²) in [6.45, 7) is 0.618. The van der Waals surface area contributed by atoms with Crippen molar-refractivity contribution >= 4 is 33.5 Å². The van der Waals surface area contributed by atoms with Gasteiger partial charge in [-0.1, -0.05) is 29.8 Å². The first-order valence-corrected chi connectivity index (χ1v) is 9.74. The number of sulfonamides is 1. The van der Waals surface area contributed by atoms with Crippen molar-refractivity contribution in [2.24, 2.45) is 0 Å². The summed E-state index contributed by atoms with van der Waals surface area (Å²) in [5.41, 5.74) is 0.699. The van der Waals surface area contributed by atoms with Crippen LogP contribution in [0.1, 0.15) is 12.5 Å². The molecule has 0 aliphatic rings. The van der Waals surface area contributed by atoms with Gasteiger partial charge in [-0.15, -0.1) is 0 Å². The Morgan fingerprint density at radius 3 is 2.48 bits per heavy atom. The maximum Gasteiger partial charge on any atom is 0.341 e. The summed E-state index contributed by atoms with van der Waals surface area (Å²) in [6, 6.07) is 12.3. The van der Waals surface area contributed by atoms with Crippen LogP contribution in [0.25, 0.3) is 0 Å². The number of hydrogen-bond acceptors (Lipinski definition) is 5. The van der Waals surface area contributed by atoms with Crippen LogP contribution >= 0.6 is 11.6 Å². The molecular weight excluding hydrogens is 394 g/mol. The highest BCUT2D eigenvalue weighted by molar-refractivity contribution is 7.89. The molecule has 0 atom stereocenters. The number of hydrogen-bond donors (Lipinski definition) is 1. The number of aliphatic carboxylic acids is 1. The minimum Gasteiger partial charge on any atom is -0.482 e. The van der Waals surface area contributed by atoms with Crippen molar-refractivity contribution in [3.8, 4) is 5.75 Å². The minimum absolute atomic E-state index is 0.0660. The van der Waals surface area contributed by atoms with Crippen LogP contribution in [0.15, 0.2) is 53.4 Å². The molecule has 0 spiro atoms. The molecule has 0 unspecified atom stereocenters. The Bertz CT molecular complexity index is 944. The van der Waals surface area contributed by atoms with Crippen molar-refractivity contribution in [2.75, 3.05) is 13.2 Å². The standard InChI is InChI=1S/C18H18ClNO6S/c1-13(21)20(27(24,25)17-7-3-5-15(19)11-17)9-8-14-4-2-6-16(10-14)26-12-18(22)23/h2-7,10-11H,8-9,12H2,1H3,(H,22,23). The van der Waals surface area contributed by atoms with Crippen molar-refractivity contribution in [1.82, 2.24) is 4.31 Å². The fourth-order valence-corrected chi connectivity index (χ4v) is 4.07. The lowest BCUT2D eigenvalue weighted by atomic mass is 10.1. The van der Waals surface area contributed by atoms with Crippen LogP contribution in [0.3, 0.4) is 0 Å². The van der Waals surface area contributed by atoms with Crippen LogP contribution in [0, 0.1) is 0 Å². The summed E-state index contributed by atoms with van der Waals surface area (Å²) in [6.07, 6.45) is 0.240. The Morgan fingerprint density at radius 1 is 1.15 bits per heavy atom. The lowest BCUT2D eigenvalue weighted by Crippen LogP contribution is -2.36. The quantitative estimate of drug-likeness (QED) is 0.716. The lowest BCUT2D eigenvalue weighted by molar-refractivity contribution is -0.139. The Hall–Kier alpha value is -2.58. The summed E-state index contributed by atoms with van der Waals surface area (Å²) in [5, 5.41) is 8.91. The maximum atomic E-state index is 12.7. The van der Waals surface area contributed by atoms with Crippen LogP contribution in [0.5, 0.6) is 5.75 Å². The molecule has 0 bridgehead atoms. The second kappa shape index (κ2) is 8.88. The number of benzene rings is 2. The van der Waals surface area contributed by atoms with Gasteiger partial charge in [-0.2, -0.15) is 0 Å². The summed E-state index contributed by atoms with van der Waals surface area (Å²) in [4.78, 5) is 22.4. The van der Waals surface area contributed by atoms with Gasteiger partial charge in [-0.05, 0) is 42.3 Å². The number of ether oxygens (including phenoxy) is 1. The molecule has 27 heavy (non-hydrogen) atoms. The van der Waals surface area contributed by atoms with Crippen LogP contribution < -0.4 is 4.74 Å². The number of nitrogens with zero attached hydrogens (tertiary/aromatic N) is 1. The van der Waals surface area contributed by atoms with Gasteiger partial charge >= 0.3 is 5.97 Å². The number of halogens is 1. The topological polar surface area (TPSA) is 101 Å². The van der Waals surface area contributed by atoms with E-state index in [-0.39, 0.29) is 22.9 Å². The highest BCUT2D eigenvalue weighted by Gasteiger charge is 2.26. The van der Waals surface area contributed by atoms with E-state index < -0.39 is 28.5 Å². The molecule has 2 aromatic carbocycles. The van der Waals surface area contributed by atoms with Gasteiger partial charge in [0.15, 0.2) is 6.61 Å². The van der Waals surface area contributed by atoms with Gasteiger partial charge in [0.2, 0.25) is 5.91 Å². The van der Waals surface area contributed by atoms with Gasteiger partial charge in [-0.3, -0.25) is 4.79 Å². The van der Waals surface area contributed by atoms with E-state index in [1.165, 1.54) is 25.1 Å². The molecule has 2 aromatic rings. The zero-order valence-electron chi connectivity index (χ0n) is 14.5. The third-order valence-electron chi connectivity index (χ3n) is 3.60. The Labute approximate surface area is 162 Å². The molecule has 0 aliphatic carbocycles. The number of carbonyl (C=O) groups excluding carboxylic acids is 1. The molecule has 144 valence electrons. The molecule has 1 amide bonds. The fourth-order valence-electron chi connectivity index (χ4n) is 2.37. The first-order chi connectivity index (χ1) is 12.7. The number of rotatable bonds is 8. The van der Waals surface area contributed by atoms with Gasteiger partial charge in [0, 0.05) is 18.5 Å². The zero-order valence-corrected chi connectivity index (χ0v) is 16.0. The first-order valence-electron chi connectivity index (χ1n) is 7.92. The monoisotopic (exact) mass is 411 g/mol. The molecule has 0 aliphatic heterocycles. The van der Waals surface area contributed by atoms with Crippen molar-refractivity contribution in [1.29, 1.82) is 0 Å². The molecule has 1 N–H and O–H groups in total. The summed E-state index contributed by atoms with van der Waals surface area (Å²) < 4.78 is 31.4. The Kier molecular flexibility index (Phi) is 6.81. The van der Waals surface area contributed by atoms with Crippen molar-refractivity contribution in [2.45, 2.75) is 18.2 Å². The molecule has 7 nitrogen and oxygen atoms in total. The molecule has 2 rings (SSSR count). The lowest BCUT2D eigenvalue weighted by Gasteiger charge is -2.21. The van der Waals surface area contributed by atoms with Crippen LogP contribution in [-0.4, -0.2) is 42.9 Å². The second-order valence-corrected chi connectivity index (χ2v) is 7.93. The van der Waals surface area contributed by atoms with E-state index >= 15 is 0 Å². The average Bonchev–Trinajstić information content (AvgIpc) is 2.60. The van der Waals surface area contributed by atoms with Gasteiger partial charge in [0.25, 0.3) is 10.0 Å². The summed E-state index contributed by atoms with van der Waals surface area (Å²) in [7, 11) is -4.03. The predicted octanol–water partition coefficient (Wildman–Crippen LogP) is 2.58. The van der Waals surface area contributed by atoms with Crippen molar-refractivity contribution < 1.29 is 27.9 Å². The molecule has 0 aromatic heterocycles. The fraction of sp³-hybridized carbons (Fsp3) is 0.222. The third-order valence-corrected chi connectivity index (χ3v) is 5.70. The smallest absolute Gasteiger partial charge is 0.341 e. The van der Waals surface area contributed by atoms with Crippen LogP contribution in [0.2, 0.25) is 5.02 Å². The molecule has 9 heteroatoms. The minimum atomic E-state index is -4.03. The van der Waals surface area contributed by atoms with E-state index in [4.69, 9.17) is 21.4 Å². The van der Waals surface area contributed by atoms with Crippen LogP contribution in [0.4, 0.5) is 0 Å². The van der Waals surface area contributed by atoms with E-state index in [1.807, 2.05) is 0 Å². The van der Waals surface area contributed by atoms with Crippen molar-refractivity contribution in [3.63, 3.8) is 0 Å². The predicted molar refractivity (Wildman–Crippen MR) is 99.3 cm³/mol. The molecule has 0 saturated carbocycles. The normalized spacial score (nSPS) is 11.0. The van der Waals surface area contributed by atoms with E-state index in [0.29, 0.717) is 11.3 Å². The first kappa shape index (κ1) is 20.7. The van der Waals surface area contributed by atoms with Gasteiger partial charge in [0.05, 0.1) is 4.90 Å². The largest absolute Gasteiger partial charge is 0.482 e. The Morgan fingerprint density at radius 2 is 1.85 bits per heavy atom. The number of carboxylic acid groups (broad SMARTS) is 1. The van der Waals surface area contributed by atoms with Gasteiger partial charge in [-0.25, -0.2) is 17.5 Å². The van der Waals surface area contributed by atoms with Gasteiger partial charge < -0.3 is 9.84 Å². The SMILES string of the molecule is CC(=O)N(CCc1cccc(OCC(=O)O)c1)S(=O)(=O)c1cccc(Cl)c1. The molecule has 0 saturated heterocycles. The number of amides is 1. The summed E-state index contributed by atoms with van der Waals surface area (Å²) in [5.74, 6) is -1.37. The number of carbonyl (C=O) groups is 2. The molecule has 0 heterocycles. The zero-order chi connectivity index (χ0) is 20.0. The molecule has 0 fully saturated rings. The number of carboxylic acids is 1. The van der Waals surface area contributed by atoms with E-state index in [1.54, 1.807) is 30.3 Å². The third kappa shape index (κ3) is 5.70. The van der Waals surface area contributed by atoms with Crippen molar-refractivity contribution in [3.05, 3.63) is 59.1 Å². The van der Waals surface area contributed by atoms with Crippen LogP contribution in [-0.2, 0) is 26.0 Å². The van der Waals surface area contributed by atoms with E-state index in [2.05, 4.69) is 0 Å². The molecular formula is C18H18ClNO6S. The molecule has 0 radical (unpaired) electrons. The van der Waals surface area contributed by atoms with E-state index in [0.717, 1.165) is 4.31 Å². The maximum absolute atomic E-state index is 12.7. The Balaban J connectivity index is 2.17. The highest BCUT2D eigenvalue weighted by atomic mass is 35.5. The van der Waals surface area contributed by atoms with E-state index in [9.17, 15) is 18.0 Å². The second-order valence-electron chi connectivity index (χ2n) is 5.63. The highest BCUT2D eigenvalue weighted by Crippen LogP contribution is 2.21. The summed E-state index contributed by atoms with van der Waals surface area (Å²) >= 11 is 5.85.